The van der Waals surface area contributed by atoms with Gasteiger partial charge in [0.25, 0.3) is 0 Å². The molecular formula is C14H25N3O3. The zero-order valence-electron chi connectivity index (χ0n) is 12.1. The van der Waals surface area contributed by atoms with Crippen molar-refractivity contribution in [2.45, 2.75) is 51.5 Å². The molecule has 0 aromatic carbocycles. The minimum absolute atomic E-state index is 0.0240. The summed E-state index contributed by atoms with van der Waals surface area (Å²) in [5, 5.41) is 21.3. The molecule has 1 heterocycles. The van der Waals surface area contributed by atoms with Crippen LogP contribution in [0.3, 0.4) is 0 Å². The molecule has 6 nitrogen and oxygen atoms in total. The largest absolute Gasteiger partial charge is 0.409 e. The lowest BCUT2D eigenvalue weighted by molar-refractivity contribution is -0.148. The maximum Gasteiger partial charge on any atom is 0.236 e. The molecule has 0 aromatic heterocycles. The summed E-state index contributed by atoms with van der Waals surface area (Å²) >= 11 is 0. The molecule has 20 heavy (non-hydrogen) atoms. The van der Waals surface area contributed by atoms with Crippen molar-refractivity contribution in [1.29, 1.82) is 0 Å². The molecule has 2 fully saturated rings. The summed E-state index contributed by atoms with van der Waals surface area (Å²) in [5.41, 5.74) is 4.99. The summed E-state index contributed by atoms with van der Waals surface area (Å²) in [5.74, 6) is 0.429. The fourth-order valence-corrected chi connectivity index (χ4v) is 3.71. The van der Waals surface area contributed by atoms with Crippen LogP contribution in [0.15, 0.2) is 5.16 Å². The standard InChI is InChI=1S/C14H25N3O3/c1-10-8-14(9-10,12(15)16-20)13(19)17-6-3-2-4-11(17)5-7-18/h10-11,18,20H,2-9H2,1H3,(H2,15,16). The number of piperidine rings is 1. The quantitative estimate of drug-likeness (QED) is 0.309. The fraction of sp³-hybridized carbons (Fsp3) is 0.857. The van der Waals surface area contributed by atoms with Crippen LogP contribution in [0.1, 0.15) is 45.4 Å². The molecule has 1 amide bonds. The lowest BCUT2D eigenvalue weighted by atomic mass is 9.60. The average Bonchev–Trinajstić information content (AvgIpc) is 2.43. The Bertz CT molecular complexity index is 389. The van der Waals surface area contributed by atoms with Gasteiger partial charge in [-0.25, -0.2) is 0 Å². The van der Waals surface area contributed by atoms with E-state index in [-0.39, 0.29) is 24.4 Å². The van der Waals surface area contributed by atoms with E-state index in [2.05, 4.69) is 12.1 Å². The predicted octanol–water partition coefficient (Wildman–Crippen LogP) is 0.913. The number of carbonyl (C=O) groups excluding carboxylic acids is 1. The summed E-state index contributed by atoms with van der Waals surface area (Å²) in [6.07, 6.45) is 4.88. The highest BCUT2D eigenvalue weighted by molar-refractivity contribution is 6.07. The van der Waals surface area contributed by atoms with Gasteiger partial charge in [-0.3, -0.25) is 4.79 Å². The summed E-state index contributed by atoms with van der Waals surface area (Å²) in [4.78, 5) is 14.8. The van der Waals surface area contributed by atoms with Gasteiger partial charge in [-0.2, -0.15) is 0 Å². The Balaban J connectivity index is 2.18. The number of hydrogen-bond acceptors (Lipinski definition) is 4. The molecule has 2 aliphatic rings. The van der Waals surface area contributed by atoms with Gasteiger partial charge in [0.2, 0.25) is 5.91 Å². The molecule has 1 atom stereocenters. The predicted molar refractivity (Wildman–Crippen MR) is 75.3 cm³/mol. The van der Waals surface area contributed by atoms with Crippen LogP contribution < -0.4 is 5.73 Å². The van der Waals surface area contributed by atoms with Crippen molar-refractivity contribution < 1.29 is 15.1 Å². The Labute approximate surface area is 119 Å². The Morgan fingerprint density at radius 3 is 2.70 bits per heavy atom. The molecule has 0 spiro atoms. The van der Waals surface area contributed by atoms with Crippen molar-refractivity contribution in [3.8, 4) is 0 Å². The number of aliphatic hydroxyl groups is 1. The van der Waals surface area contributed by atoms with Gasteiger partial charge in [0, 0.05) is 19.2 Å². The monoisotopic (exact) mass is 283 g/mol. The number of oxime groups is 1. The molecule has 1 saturated carbocycles. The number of nitrogens with two attached hydrogens (primary N) is 1. The van der Waals surface area contributed by atoms with Gasteiger partial charge < -0.3 is 20.9 Å². The third-order valence-electron chi connectivity index (χ3n) is 4.75. The van der Waals surface area contributed by atoms with Crippen molar-refractivity contribution in [3.63, 3.8) is 0 Å². The number of amidine groups is 1. The molecule has 6 heteroatoms. The highest BCUT2D eigenvalue weighted by Crippen LogP contribution is 2.47. The summed E-state index contributed by atoms with van der Waals surface area (Å²) in [6.45, 7) is 2.86. The topological polar surface area (TPSA) is 99.2 Å². The zero-order valence-corrected chi connectivity index (χ0v) is 12.1. The van der Waals surface area contributed by atoms with Gasteiger partial charge in [0.15, 0.2) is 5.84 Å². The first-order chi connectivity index (χ1) is 9.55. The van der Waals surface area contributed by atoms with Crippen LogP contribution in [0, 0.1) is 11.3 Å². The molecule has 114 valence electrons. The summed E-state index contributed by atoms with van der Waals surface area (Å²) in [6, 6.07) is 0.0838. The second kappa shape index (κ2) is 5.99. The van der Waals surface area contributed by atoms with Crippen LogP contribution in [0.5, 0.6) is 0 Å². The third-order valence-corrected chi connectivity index (χ3v) is 4.75. The Kier molecular flexibility index (Phi) is 4.52. The van der Waals surface area contributed by atoms with E-state index in [9.17, 15) is 4.79 Å². The number of likely N-dealkylation sites (tertiary alicyclic amines) is 1. The van der Waals surface area contributed by atoms with E-state index < -0.39 is 5.41 Å². The molecule has 2 rings (SSSR count). The van der Waals surface area contributed by atoms with Crippen molar-refractivity contribution in [2.24, 2.45) is 22.2 Å². The van der Waals surface area contributed by atoms with E-state index in [1.807, 2.05) is 4.90 Å². The lowest BCUT2D eigenvalue weighted by Crippen LogP contribution is -2.60. The normalized spacial score (nSPS) is 34.7. The van der Waals surface area contributed by atoms with Gasteiger partial charge in [-0.1, -0.05) is 12.1 Å². The van der Waals surface area contributed by atoms with Gasteiger partial charge in [-0.15, -0.1) is 0 Å². The molecule has 0 radical (unpaired) electrons. The average molecular weight is 283 g/mol. The summed E-state index contributed by atoms with van der Waals surface area (Å²) < 4.78 is 0. The highest BCUT2D eigenvalue weighted by atomic mass is 16.4. The van der Waals surface area contributed by atoms with Gasteiger partial charge >= 0.3 is 0 Å². The molecule has 1 aliphatic carbocycles. The van der Waals surface area contributed by atoms with E-state index in [4.69, 9.17) is 16.0 Å². The summed E-state index contributed by atoms with van der Waals surface area (Å²) in [7, 11) is 0. The molecule has 0 aromatic rings. The minimum Gasteiger partial charge on any atom is -0.409 e. The van der Waals surface area contributed by atoms with Crippen LogP contribution in [-0.2, 0) is 4.79 Å². The number of nitrogens with zero attached hydrogens (tertiary/aromatic N) is 2. The number of aliphatic hydroxyl groups excluding tert-OH is 1. The smallest absolute Gasteiger partial charge is 0.236 e. The van der Waals surface area contributed by atoms with Crippen molar-refractivity contribution in [1.82, 2.24) is 4.90 Å². The van der Waals surface area contributed by atoms with Crippen LogP contribution in [0.25, 0.3) is 0 Å². The molecule has 4 N–H and O–H groups in total. The molecule has 1 aliphatic heterocycles. The maximum absolute atomic E-state index is 12.9. The molecule has 1 unspecified atom stereocenters. The fourth-order valence-electron chi connectivity index (χ4n) is 3.71. The van der Waals surface area contributed by atoms with Crippen molar-refractivity contribution in [3.05, 3.63) is 0 Å². The minimum atomic E-state index is -0.820. The van der Waals surface area contributed by atoms with Crippen molar-refractivity contribution in [2.75, 3.05) is 13.2 Å². The van der Waals surface area contributed by atoms with Crippen molar-refractivity contribution >= 4 is 11.7 Å². The molecule has 1 saturated heterocycles. The first kappa shape index (κ1) is 15.1. The van der Waals surface area contributed by atoms with E-state index in [0.717, 1.165) is 19.3 Å². The number of hydrogen-bond donors (Lipinski definition) is 3. The Morgan fingerprint density at radius 2 is 2.15 bits per heavy atom. The first-order valence-corrected chi connectivity index (χ1v) is 7.45. The van der Waals surface area contributed by atoms with Gasteiger partial charge in [0.05, 0.1) is 0 Å². The SMILES string of the molecule is CC1CC(C(=O)N2CCCCC2CCO)(C(N)=NO)C1. The van der Waals surface area contributed by atoms with E-state index in [0.29, 0.717) is 31.7 Å². The maximum atomic E-state index is 12.9. The Morgan fingerprint density at radius 1 is 1.45 bits per heavy atom. The van der Waals surface area contributed by atoms with Gasteiger partial charge in [-0.05, 0) is 44.4 Å². The van der Waals surface area contributed by atoms with Crippen LogP contribution in [-0.4, -0.2) is 46.1 Å². The van der Waals surface area contributed by atoms with Crippen LogP contribution >= 0.6 is 0 Å². The Hall–Kier alpha value is -1.30. The van der Waals surface area contributed by atoms with Crippen LogP contribution in [0.2, 0.25) is 0 Å². The molecular weight excluding hydrogens is 258 g/mol. The lowest BCUT2D eigenvalue weighted by Gasteiger charge is -2.48. The third kappa shape index (κ3) is 2.49. The van der Waals surface area contributed by atoms with Gasteiger partial charge in [0.1, 0.15) is 5.41 Å². The zero-order chi connectivity index (χ0) is 14.8. The molecule has 0 bridgehead atoms. The second-order valence-electron chi connectivity index (χ2n) is 6.24. The second-order valence-corrected chi connectivity index (χ2v) is 6.24. The highest BCUT2D eigenvalue weighted by Gasteiger charge is 2.54. The first-order valence-electron chi connectivity index (χ1n) is 7.45. The van der Waals surface area contributed by atoms with E-state index in [1.165, 1.54) is 0 Å². The van der Waals surface area contributed by atoms with Crippen LogP contribution in [0.4, 0.5) is 0 Å². The van der Waals surface area contributed by atoms with E-state index in [1.54, 1.807) is 0 Å². The van der Waals surface area contributed by atoms with E-state index >= 15 is 0 Å². The number of amides is 1. The number of carbonyl (C=O) groups is 1. The number of rotatable bonds is 4.